The quantitative estimate of drug-likeness (QED) is 0.704. The summed E-state index contributed by atoms with van der Waals surface area (Å²) in [5, 5.41) is 20.9. The van der Waals surface area contributed by atoms with Crippen molar-refractivity contribution < 1.29 is 5.11 Å². The molecule has 1 aromatic heterocycles. The van der Waals surface area contributed by atoms with Gasteiger partial charge in [-0.1, -0.05) is 59.4 Å². The highest BCUT2D eigenvalue weighted by Gasteiger charge is 2.29. The van der Waals surface area contributed by atoms with Crippen LogP contribution in [0.25, 0.3) is 16.7 Å². The zero-order valence-corrected chi connectivity index (χ0v) is 17.5. The smallest absolute Gasteiger partial charge is 0.141 e. The van der Waals surface area contributed by atoms with E-state index in [4.69, 9.17) is 0 Å². The maximum atomic E-state index is 10.8. The Balaban J connectivity index is 2.16. The number of fused-ring (bicyclic) bond motifs is 1. The van der Waals surface area contributed by atoms with Gasteiger partial charge >= 0.3 is 0 Å². The summed E-state index contributed by atoms with van der Waals surface area (Å²) < 4.78 is 0. The first kappa shape index (κ1) is 18.6. The van der Waals surface area contributed by atoms with Crippen molar-refractivity contribution in [3.05, 3.63) is 42.0 Å². The molecule has 0 amide bonds. The van der Waals surface area contributed by atoms with E-state index in [2.05, 4.69) is 57.4 Å². The van der Waals surface area contributed by atoms with Gasteiger partial charge < -0.3 is 5.11 Å². The summed E-state index contributed by atoms with van der Waals surface area (Å²) in [5.41, 5.74) is 3.73. The van der Waals surface area contributed by atoms with Crippen LogP contribution in [0.2, 0.25) is 6.55 Å². The Bertz CT molecular complexity index is 905. The molecule has 26 heavy (non-hydrogen) atoms. The lowest BCUT2D eigenvalue weighted by Crippen LogP contribution is -2.27. The lowest BCUT2D eigenvalue weighted by molar-refractivity contribution is 0.284. The number of aromatic nitrogens is 3. The minimum atomic E-state index is -0.0122. The molecule has 2 radical (unpaired) electrons. The van der Waals surface area contributed by atoms with E-state index in [1.54, 1.807) is 4.80 Å². The van der Waals surface area contributed by atoms with Gasteiger partial charge in [-0.3, -0.25) is 0 Å². The number of benzene rings is 2. The van der Waals surface area contributed by atoms with Crippen molar-refractivity contribution in [3.63, 3.8) is 0 Å². The number of phenolic OH excluding ortho intramolecular Hbond substituents is 1. The molecule has 0 bridgehead atoms. The molecule has 0 saturated heterocycles. The first-order chi connectivity index (χ1) is 12.1. The predicted octanol–water partition coefficient (Wildman–Crippen LogP) is 4.22. The molecule has 0 fully saturated rings. The summed E-state index contributed by atoms with van der Waals surface area (Å²) in [6.45, 7) is 13.4. The third-order valence-electron chi connectivity index (χ3n) is 4.61. The summed E-state index contributed by atoms with van der Waals surface area (Å²) >= 11 is 0. The molecule has 0 saturated carbocycles. The van der Waals surface area contributed by atoms with Gasteiger partial charge in [0.25, 0.3) is 0 Å². The Kier molecular flexibility index (Phi) is 4.69. The SMILES string of the molecule is C[Si]c1cc(C(C)(C)CC(C)(C)C)cc(-n2nc3ccccc3n2)c1O. The normalized spacial score (nSPS) is 12.7. The van der Waals surface area contributed by atoms with Crippen LogP contribution in [0.3, 0.4) is 0 Å². The van der Waals surface area contributed by atoms with E-state index in [-0.39, 0.29) is 16.6 Å². The lowest BCUT2D eigenvalue weighted by Gasteiger charge is -2.33. The van der Waals surface area contributed by atoms with Crippen molar-refractivity contribution in [3.8, 4) is 11.4 Å². The number of nitrogens with zero attached hydrogens (tertiary/aromatic N) is 3. The standard InChI is InChI=1S/C21H27N3OSi/c1-20(2,3)13-21(4,5)14-11-17(19(25)18(12-14)26-6)24-22-15-9-7-8-10-16(15)23-24/h7-12,25H,13H2,1-6H3. The minimum absolute atomic E-state index is 0.0122. The van der Waals surface area contributed by atoms with Crippen molar-refractivity contribution in [2.75, 3.05) is 0 Å². The lowest BCUT2D eigenvalue weighted by atomic mass is 9.72. The zero-order valence-electron chi connectivity index (χ0n) is 16.5. The van der Waals surface area contributed by atoms with Gasteiger partial charge in [0.05, 0.1) is 9.52 Å². The van der Waals surface area contributed by atoms with Crippen molar-refractivity contribution >= 4 is 25.7 Å². The third kappa shape index (κ3) is 3.68. The molecule has 0 spiro atoms. The predicted molar refractivity (Wildman–Crippen MR) is 109 cm³/mol. The first-order valence-corrected chi connectivity index (χ1v) is 10.5. The van der Waals surface area contributed by atoms with Crippen LogP contribution < -0.4 is 5.19 Å². The topological polar surface area (TPSA) is 50.9 Å². The Labute approximate surface area is 158 Å². The zero-order chi connectivity index (χ0) is 19.1. The highest BCUT2D eigenvalue weighted by Crippen LogP contribution is 2.37. The summed E-state index contributed by atoms with van der Waals surface area (Å²) in [7, 11) is 0.504. The fraction of sp³-hybridized carbons (Fsp3) is 0.429. The first-order valence-electron chi connectivity index (χ1n) is 8.98. The van der Waals surface area contributed by atoms with Crippen molar-refractivity contribution in [1.82, 2.24) is 15.0 Å². The maximum Gasteiger partial charge on any atom is 0.141 e. The van der Waals surface area contributed by atoms with Gasteiger partial charge in [-0.2, -0.15) is 0 Å². The highest BCUT2D eigenvalue weighted by molar-refractivity contribution is 6.53. The third-order valence-corrected chi connectivity index (χ3v) is 5.53. The molecule has 4 nitrogen and oxygen atoms in total. The second-order valence-electron chi connectivity index (χ2n) is 8.74. The maximum absolute atomic E-state index is 10.8. The largest absolute Gasteiger partial charge is 0.506 e. The van der Waals surface area contributed by atoms with Gasteiger partial charge in [0.2, 0.25) is 0 Å². The van der Waals surface area contributed by atoms with E-state index in [0.717, 1.165) is 22.6 Å². The minimum Gasteiger partial charge on any atom is -0.506 e. The highest BCUT2D eigenvalue weighted by atomic mass is 28.2. The Hall–Kier alpha value is -2.14. The fourth-order valence-electron chi connectivity index (χ4n) is 3.75. The van der Waals surface area contributed by atoms with Crippen molar-refractivity contribution in [2.24, 2.45) is 5.41 Å². The molecular weight excluding hydrogens is 338 g/mol. The van der Waals surface area contributed by atoms with Gasteiger partial charge in [-0.25, -0.2) is 0 Å². The van der Waals surface area contributed by atoms with E-state index in [1.165, 1.54) is 5.56 Å². The van der Waals surface area contributed by atoms with Gasteiger partial charge in [-0.15, -0.1) is 15.0 Å². The van der Waals surface area contributed by atoms with E-state index in [1.807, 2.05) is 30.3 Å². The summed E-state index contributed by atoms with van der Waals surface area (Å²) in [4.78, 5) is 1.57. The van der Waals surface area contributed by atoms with Gasteiger partial charge in [0, 0.05) is 0 Å². The summed E-state index contributed by atoms with van der Waals surface area (Å²) in [6, 6.07) is 12.0. The van der Waals surface area contributed by atoms with Crippen LogP contribution in [0.15, 0.2) is 36.4 Å². The van der Waals surface area contributed by atoms with E-state index in [0.29, 0.717) is 15.2 Å². The van der Waals surface area contributed by atoms with Gasteiger partial charge in [0.1, 0.15) is 22.5 Å². The molecule has 3 aromatic rings. The molecule has 1 heterocycles. The number of hydrogen-bond acceptors (Lipinski definition) is 3. The average Bonchev–Trinajstić information content (AvgIpc) is 2.96. The van der Waals surface area contributed by atoms with Crippen LogP contribution in [0.5, 0.6) is 5.75 Å². The molecule has 0 aliphatic rings. The number of aromatic hydroxyl groups is 1. The van der Waals surface area contributed by atoms with Crippen LogP contribution in [-0.2, 0) is 5.41 Å². The fourth-order valence-corrected chi connectivity index (χ4v) is 4.41. The van der Waals surface area contributed by atoms with Crippen molar-refractivity contribution in [1.29, 1.82) is 0 Å². The number of phenols is 1. The molecule has 0 atom stereocenters. The molecule has 3 rings (SSSR count). The van der Waals surface area contributed by atoms with Crippen LogP contribution in [0, 0.1) is 5.41 Å². The second kappa shape index (κ2) is 6.54. The van der Waals surface area contributed by atoms with E-state index >= 15 is 0 Å². The van der Waals surface area contributed by atoms with Gasteiger partial charge in [-0.05, 0) is 46.2 Å². The van der Waals surface area contributed by atoms with E-state index < -0.39 is 0 Å². The van der Waals surface area contributed by atoms with Crippen LogP contribution in [0.4, 0.5) is 0 Å². The number of hydrogen-bond donors (Lipinski definition) is 1. The Morgan fingerprint density at radius 2 is 1.58 bits per heavy atom. The molecular formula is C21H27N3OSi. The molecule has 0 aliphatic heterocycles. The molecule has 0 aliphatic carbocycles. The molecule has 5 heteroatoms. The van der Waals surface area contributed by atoms with Crippen LogP contribution in [0.1, 0.15) is 46.6 Å². The second-order valence-corrected chi connectivity index (χ2v) is 9.78. The summed E-state index contributed by atoms with van der Waals surface area (Å²) in [6.07, 6.45) is 1.05. The van der Waals surface area contributed by atoms with Crippen molar-refractivity contribution in [2.45, 2.75) is 53.0 Å². The van der Waals surface area contributed by atoms with Gasteiger partial charge in [0.15, 0.2) is 0 Å². The van der Waals surface area contributed by atoms with Crippen LogP contribution >= 0.6 is 0 Å². The van der Waals surface area contributed by atoms with Crippen LogP contribution in [-0.4, -0.2) is 29.6 Å². The molecule has 1 N–H and O–H groups in total. The molecule has 2 aromatic carbocycles. The Morgan fingerprint density at radius 3 is 2.08 bits per heavy atom. The molecule has 136 valence electrons. The van der Waals surface area contributed by atoms with E-state index in [9.17, 15) is 5.11 Å². The monoisotopic (exact) mass is 365 g/mol. The summed E-state index contributed by atoms with van der Waals surface area (Å²) in [5.74, 6) is 0.279. The average molecular weight is 366 g/mol. The Morgan fingerprint density at radius 1 is 1.00 bits per heavy atom. The molecule has 0 unspecified atom stereocenters. The number of rotatable bonds is 4.